The molecule has 3 aromatic rings. The molecule has 0 bridgehead atoms. The summed E-state index contributed by atoms with van der Waals surface area (Å²) in [5.41, 5.74) is 0. The monoisotopic (exact) mass is 451 g/mol. The van der Waals surface area contributed by atoms with E-state index >= 15 is 0 Å². The average Bonchev–Trinajstić information content (AvgIpc) is 3.28. The molecule has 1 unspecified atom stereocenters. The van der Waals surface area contributed by atoms with Crippen LogP contribution in [0, 0.1) is 0 Å². The van der Waals surface area contributed by atoms with Crippen LogP contribution >= 0.6 is 0 Å². The summed E-state index contributed by atoms with van der Waals surface area (Å²) in [6.07, 6.45) is 1.34. The van der Waals surface area contributed by atoms with Gasteiger partial charge >= 0.3 is 0 Å². The van der Waals surface area contributed by atoms with E-state index in [1.807, 2.05) is 0 Å². The van der Waals surface area contributed by atoms with Gasteiger partial charge in [0, 0.05) is 12.6 Å². The van der Waals surface area contributed by atoms with E-state index in [0.29, 0.717) is 5.75 Å². The van der Waals surface area contributed by atoms with Crippen molar-refractivity contribution in [3.8, 4) is 11.5 Å². The van der Waals surface area contributed by atoms with Crippen molar-refractivity contribution in [1.82, 2.24) is 4.72 Å². The lowest BCUT2D eigenvalue weighted by atomic mass is 10.3. The summed E-state index contributed by atoms with van der Waals surface area (Å²) in [7, 11) is -5.13. The fraction of sp³-hybridized carbons (Fsp3) is 0.200. The molecule has 1 heterocycles. The van der Waals surface area contributed by atoms with Gasteiger partial charge in [0.25, 0.3) is 0 Å². The first-order chi connectivity index (χ1) is 14.3. The Bertz CT molecular complexity index is 1190. The SMILES string of the molecule is COc1ccc(S(=O)(=O)NCC(c2ccco2)S(=O)(=O)c2ccccc2)cc1OC. The van der Waals surface area contributed by atoms with E-state index < -0.39 is 31.7 Å². The van der Waals surface area contributed by atoms with Crippen molar-refractivity contribution < 1.29 is 30.7 Å². The zero-order valence-electron chi connectivity index (χ0n) is 16.3. The number of nitrogens with one attached hydrogen (secondary N) is 1. The second-order valence-electron chi connectivity index (χ2n) is 6.23. The summed E-state index contributed by atoms with van der Waals surface area (Å²) in [5.74, 6) is 0.741. The normalized spacial score (nSPS) is 13.0. The number of hydrogen-bond acceptors (Lipinski definition) is 7. The van der Waals surface area contributed by atoms with Gasteiger partial charge in [0.2, 0.25) is 10.0 Å². The summed E-state index contributed by atoms with van der Waals surface area (Å²) in [4.78, 5) is -0.0211. The minimum atomic E-state index is -4.04. The zero-order valence-corrected chi connectivity index (χ0v) is 17.9. The van der Waals surface area contributed by atoms with Crippen molar-refractivity contribution in [1.29, 1.82) is 0 Å². The van der Waals surface area contributed by atoms with Gasteiger partial charge < -0.3 is 13.9 Å². The van der Waals surface area contributed by atoms with Gasteiger partial charge in [-0.1, -0.05) is 18.2 Å². The van der Waals surface area contributed by atoms with Gasteiger partial charge in [-0.25, -0.2) is 21.6 Å². The van der Waals surface area contributed by atoms with Crippen LogP contribution < -0.4 is 14.2 Å². The molecule has 0 aliphatic rings. The molecule has 0 saturated carbocycles. The van der Waals surface area contributed by atoms with Crippen molar-refractivity contribution >= 4 is 19.9 Å². The molecule has 0 radical (unpaired) electrons. The Morgan fingerprint density at radius 1 is 0.867 bits per heavy atom. The molecule has 0 saturated heterocycles. The third-order valence-corrected chi connectivity index (χ3v) is 7.93. The Balaban J connectivity index is 1.91. The summed E-state index contributed by atoms with van der Waals surface area (Å²) >= 11 is 0. The molecule has 1 N–H and O–H groups in total. The smallest absolute Gasteiger partial charge is 0.240 e. The van der Waals surface area contributed by atoms with Crippen LogP contribution in [0.4, 0.5) is 0 Å². The predicted octanol–water partition coefficient (Wildman–Crippen LogP) is 2.79. The van der Waals surface area contributed by atoms with Crippen molar-refractivity contribution in [2.75, 3.05) is 20.8 Å². The number of sulfone groups is 1. The van der Waals surface area contributed by atoms with Crippen LogP contribution in [-0.2, 0) is 19.9 Å². The minimum Gasteiger partial charge on any atom is -0.493 e. The van der Waals surface area contributed by atoms with Crippen molar-refractivity contribution in [3.63, 3.8) is 0 Å². The standard InChI is InChI=1S/C20H21NO7S2/c1-26-17-11-10-16(13-19(17)27-2)30(24,25)21-14-20(18-9-6-12-28-18)29(22,23)15-7-4-3-5-8-15/h3-13,20-21H,14H2,1-2H3. The second-order valence-corrected chi connectivity index (χ2v) is 10.1. The van der Waals surface area contributed by atoms with Gasteiger partial charge in [0.05, 0.1) is 30.3 Å². The maximum atomic E-state index is 13.1. The van der Waals surface area contributed by atoms with Gasteiger partial charge in [0.1, 0.15) is 11.0 Å². The molecular weight excluding hydrogens is 430 g/mol. The maximum absolute atomic E-state index is 13.1. The second kappa shape index (κ2) is 8.90. The highest BCUT2D eigenvalue weighted by molar-refractivity contribution is 7.92. The Morgan fingerprint density at radius 3 is 2.17 bits per heavy atom. The van der Waals surface area contributed by atoms with Crippen molar-refractivity contribution in [2.45, 2.75) is 15.0 Å². The van der Waals surface area contributed by atoms with Crippen LogP contribution in [0.15, 0.2) is 81.1 Å². The van der Waals surface area contributed by atoms with E-state index in [4.69, 9.17) is 13.9 Å². The number of furan rings is 1. The topological polar surface area (TPSA) is 112 Å². The lowest BCUT2D eigenvalue weighted by Gasteiger charge is -2.17. The molecule has 30 heavy (non-hydrogen) atoms. The van der Waals surface area contributed by atoms with Gasteiger partial charge in [-0.2, -0.15) is 0 Å². The number of benzene rings is 2. The molecule has 10 heteroatoms. The molecule has 8 nitrogen and oxygen atoms in total. The Labute approximate surface area is 175 Å². The highest BCUT2D eigenvalue weighted by Crippen LogP contribution is 2.31. The molecule has 1 atom stereocenters. The molecule has 160 valence electrons. The fourth-order valence-electron chi connectivity index (χ4n) is 2.86. The van der Waals surface area contributed by atoms with E-state index in [9.17, 15) is 16.8 Å². The van der Waals surface area contributed by atoms with E-state index in [2.05, 4.69) is 4.72 Å². The van der Waals surface area contributed by atoms with Crippen LogP contribution in [0.2, 0.25) is 0 Å². The number of ether oxygens (including phenoxy) is 2. The third kappa shape index (κ3) is 4.50. The number of hydrogen-bond donors (Lipinski definition) is 1. The lowest BCUT2D eigenvalue weighted by Crippen LogP contribution is -2.32. The summed E-state index contributed by atoms with van der Waals surface area (Å²) in [6.45, 7) is -0.415. The van der Waals surface area contributed by atoms with Crippen LogP contribution in [-0.4, -0.2) is 37.6 Å². The lowest BCUT2D eigenvalue weighted by molar-refractivity contribution is 0.354. The van der Waals surface area contributed by atoms with Crippen LogP contribution in [0.1, 0.15) is 11.0 Å². The summed E-state index contributed by atoms with van der Waals surface area (Å²) in [5, 5.41) is -1.25. The molecule has 0 aliphatic carbocycles. The molecule has 0 amide bonds. The quantitative estimate of drug-likeness (QED) is 0.532. The molecule has 0 fully saturated rings. The van der Waals surface area contributed by atoms with Gasteiger partial charge in [-0.15, -0.1) is 0 Å². The Hall–Kier alpha value is -2.82. The first kappa shape index (κ1) is 21.9. The largest absolute Gasteiger partial charge is 0.493 e. The summed E-state index contributed by atoms with van der Waals surface area (Å²) < 4.78 is 69.8. The van der Waals surface area contributed by atoms with Gasteiger partial charge in [0.15, 0.2) is 21.3 Å². The van der Waals surface area contributed by atoms with E-state index in [0.717, 1.165) is 0 Å². The highest BCUT2D eigenvalue weighted by Gasteiger charge is 2.33. The van der Waals surface area contributed by atoms with Crippen LogP contribution in [0.5, 0.6) is 11.5 Å². The first-order valence-electron chi connectivity index (χ1n) is 8.83. The molecule has 3 rings (SSSR count). The minimum absolute atomic E-state index is 0.0664. The molecule has 1 aromatic heterocycles. The van der Waals surface area contributed by atoms with E-state index in [-0.39, 0.29) is 21.3 Å². The number of rotatable bonds is 9. The Morgan fingerprint density at radius 2 is 1.57 bits per heavy atom. The van der Waals surface area contributed by atoms with Crippen LogP contribution in [0.3, 0.4) is 0 Å². The molecule has 0 spiro atoms. The van der Waals surface area contributed by atoms with Crippen molar-refractivity contribution in [3.05, 3.63) is 72.7 Å². The van der Waals surface area contributed by atoms with Gasteiger partial charge in [-0.05, 0) is 36.4 Å². The van der Waals surface area contributed by atoms with E-state index in [1.54, 1.807) is 24.3 Å². The number of sulfonamides is 1. The molecule has 0 aliphatic heterocycles. The molecular formula is C20H21NO7S2. The first-order valence-corrected chi connectivity index (χ1v) is 11.9. The Kier molecular flexibility index (Phi) is 6.49. The zero-order chi connectivity index (χ0) is 21.8. The van der Waals surface area contributed by atoms with E-state index in [1.165, 1.54) is 56.9 Å². The van der Waals surface area contributed by atoms with Crippen LogP contribution in [0.25, 0.3) is 0 Å². The molecule has 2 aromatic carbocycles. The average molecular weight is 452 g/mol. The third-order valence-electron chi connectivity index (χ3n) is 4.43. The fourth-order valence-corrected chi connectivity index (χ4v) is 5.64. The number of methoxy groups -OCH3 is 2. The summed E-state index contributed by atoms with van der Waals surface area (Å²) in [6, 6.07) is 14.9. The van der Waals surface area contributed by atoms with Gasteiger partial charge in [-0.3, -0.25) is 0 Å². The highest BCUT2D eigenvalue weighted by atomic mass is 32.2. The predicted molar refractivity (Wildman–Crippen MR) is 110 cm³/mol. The maximum Gasteiger partial charge on any atom is 0.240 e. The van der Waals surface area contributed by atoms with Crippen molar-refractivity contribution in [2.24, 2.45) is 0 Å².